The lowest BCUT2D eigenvalue weighted by atomic mass is 10.1. The summed E-state index contributed by atoms with van der Waals surface area (Å²) in [5, 5.41) is 9.61. The Labute approximate surface area is 133 Å². The van der Waals surface area contributed by atoms with Crippen LogP contribution < -0.4 is 0 Å². The molecule has 0 aliphatic carbocycles. The van der Waals surface area contributed by atoms with Crippen LogP contribution in [0.5, 0.6) is 0 Å². The number of nitrogens with zero attached hydrogens (tertiary/aromatic N) is 1. The summed E-state index contributed by atoms with van der Waals surface area (Å²) in [7, 11) is 0. The minimum absolute atomic E-state index is 0.159. The van der Waals surface area contributed by atoms with Gasteiger partial charge in [-0.15, -0.1) is 11.3 Å². The van der Waals surface area contributed by atoms with Gasteiger partial charge in [0.05, 0.1) is 26.4 Å². The molecule has 0 atom stereocenters. The lowest BCUT2D eigenvalue weighted by Crippen LogP contribution is -2.05. The Hall–Kier alpha value is -2.41. The van der Waals surface area contributed by atoms with Crippen LogP contribution in [-0.2, 0) is 12.6 Å². The molecule has 3 rings (SSSR count). The normalized spacial score (nSPS) is 11.8. The molecule has 23 heavy (non-hydrogen) atoms. The predicted octanol–water partition coefficient (Wildman–Crippen LogP) is 4.60. The van der Waals surface area contributed by atoms with Gasteiger partial charge in [0.25, 0.3) is 0 Å². The number of hydrogen-bond donors (Lipinski definition) is 1. The Morgan fingerprint density at radius 1 is 1.17 bits per heavy atom. The van der Waals surface area contributed by atoms with Crippen molar-refractivity contribution in [2.45, 2.75) is 12.6 Å². The molecule has 0 bridgehead atoms. The molecule has 0 fully saturated rings. The molecule has 0 aliphatic rings. The number of carboxylic acids is 1. The van der Waals surface area contributed by atoms with Crippen LogP contribution in [0.3, 0.4) is 0 Å². The van der Waals surface area contributed by atoms with Gasteiger partial charge >= 0.3 is 12.1 Å². The number of aromatic carboxylic acids is 1. The van der Waals surface area contributed by atoms with Gasteiger partial charge in [0, 0.05) is 6.42 Å². The van der Waals surface area contributed by atoms with E-state index in [0.717, 1.165) is 12.1 Å². The largest absolute Gasteiger partial charge is 0.478 e. The zero-order valence-electron chi connectivity index (χ0n) is 11.6. The second-order valence-corrected chi connectivity index (χ2v) is 6.09. The molecule has 118 valence electrons. The SMILES string of the molecule is O=C(O)c1ccc2nc(Cc3cccc(C(F)(F)F)c3)sc2c1. The second kappa shape index (κ2) is 5.66. The summed E-state index contributed by atoms with van der Waals surface area (Å²) < 4.78 is 38.9. The van der Waals surface area contributed by atoms with Crippen LogP contribution in [0, 0.1) is 0 Å². The van der Waals surface area contributed by atoms with Gasteiger partial charge in [-0.05, 0) is 29.8 Å². The molecule has 1 heterocycles. The van der Waals surface area contributed by atoms with Crippen molar-refractivity contribution in [3.05, 3.63) is 64.2 Å². The fourth-order valence-corrected chi connectivity index (χ4v) is 3.25. The first-order valence-corrected chi connectivity index (χ1v) is 7.43. The van der Waals surface area contributed by atoms with Crippen molar-refractivity contribution in [2.75, 3.05) is 0 Å². The topological polar surface area (TPSA) is 50.2 Å². The van der Waals surface area contributed by atoms with Gasteiger partial charge in [-0.3, -0.25) is 0 Å². The van der Waals surface area contributed by atoms with Crippen molar-refractivity contribution in [3.63, 3.8) is 0 Å². The van der Waals surface area contributed by atoms with E-state index in [4.69, 9.17) is 5.11 Å². The highest BCUT2D eigenvalue weighted by Crippen LogP contribution is 2.31. The standard InChI is InChI=1S/C16H10F3NO2S/c17-16(18,19)11-3-1-2-9(6-11)7-14-20-12-5-4-10(15(21)22)8-13(12)23-14/h1-6,8H,7H2,(H,21,22). The van der Waals surface area contributed by atoms with Crippen LogP contribution >= 0.6 is 11.3 Å². The van der Waals surface area contributed by atoms with Crippen LogP contribution in [0.4, 0.5) is 13.2 Å². The average Bonchev–Trinajstić information content (AvgIpc) is 2.87. The van der Waals surface area contributed by atoms with E-state index in [-0.39, 0.29) is 12.0 Å². The third kappa shape index (κ3) is 3.34. The summed E-state index contributed by atoms with van der Waals surface area (Å²) in [6, 6.07) is 9.70. The highest BCUT2D eigenvalue weighted by molar-refractivity contribution is 7.18. The van der Waals surface area contributed by atoms with Gasteiger partial charge in [-0.2, -0.15) is 13.2 Å². The number of halogens is 3. The summed E-state index contributed by atoms with van der Waals surface area (Å²) in [6.07, 6.45) is -4.11. The second-order valence-electron chi connectivity index (χ2n) is 4.97. The molecular weight excluding hydrogens is 327 g/mol. The highest BCUT2D eigenvalue weighted by atomic mass is 32.1. The highest BCUT2D eigenvalue weighted by Gasteiger charge is 2.30. The number of carbonyl (C=O) groups is 1. The minimum atomic E-state index is -4.38. The van der Waals surface area contributed by atoms with Gasteiger partial charge in [0.2, 0.25) is 0 Å². The molecule has 1 aromatic heterocycles. The van der Waals surface area contributed by atoms with Gasteiger partial charge in [-0.25, -0.2) is 9.78 Å². The lowest BCUT2D eigenvalue weighted by Gasteiger charge is -2.07. The van der Waals surface area contributed by atoms with Crippen LogP contribution in [0.25, 0.3) is 10.2 Å². The van der Waals surface area contributed by atoms with E-state index in [2.05, 4.69) is 4.98 Å². The summed E-state index contributed by atoms with van der Waals surface area (Å²) in [5.41, 5.74) is 0.621. The van der Waals surface area contributed by atoms with Gasteiger partial charge in [0.1, 0.15) is 0 Å². The molecule has 0 aliphatic heterocycles. The molecule has 7 heteroatoms. The number of rotatable bonds is 3. The summed E-state index contributed by atoms with van der Waals surface area (Å²) in [6.45, 7) is 0. The molecule has 2 aromatic carbocycles. The molecule has 3 nitrogen and oxygen atoms in total. The first-order valence-electron chi connectivity index (χ1n) is 6.62. The number of aromatic nitrogens is 1. The van der Waals surface area contributed by atoms with Crippen LogP contribution in [0.1, 0.15) is 26.5 Å². The molecule has 0 saturated carbocycles. The van der Waals surface area contributed by atoms with E-state index >= 15 is 0 Å². The molecule has 0 radical (unpaired) electrons. The van der Waals surface area contributed by atoms with Gasteiger partial charge in [-0.1, -0.05) is 18.2 Å². The van der Waals surface area contributed by atoms with Crippen molar-refractivity contribution in [3.8, 4) is 0 Å². The number of alkyl halides is 3. The molecule has 0 unspecified atom stereocenters. The molecule has 0 spiro atoms. The smallest absolute Gasteiger partial charge is 0.416 e. The summed E-state index contributed by atoms with van der Waals surface area (Å²) in [4.78, 5) is 15.3. The fourth-order valence-electron chi connectivity index (χ4n) is 2.21. The number of carboxylic acid groups (broad SMARTS) is 1. The van der Waals surface area contributed by atoms with Crippen LogP contribution in [-0.4, -0.2) is 16.1 Å². The lowest BCUT2D eigenvalue weighted by molar-refractivity contribution is -0.137. The van der Waals surface area contributed by atoms with E-state index in [1.807, 2.05) is 0 Å². The Balaban J connectivity index is 1.91. The van der Waals surface area contributed by atoms with Crippen LogP contribution in [0.2, 0.25) is 0 Å². The van der Waals surface area contributed by atoms with Gasteiger partial charge < -0.3 is 5.11 Å². The fraction of sp³-hybridized carbons (Fsp3) is 0.125. The minimum Gasteiger partial charge on any atom is -0.478 e. The third-order valence-electron chi connectivity index (χ3n) is 3.29. The summed E-state index contributed by atoms with van der Waals surface area (Å²) >= 11 is 1.28. The Morgan fingerprint density at radius 3 is 2.65 bits per heavy atom. The van der Waals surface area contributed by atoms with Gasteiger partial charge in [0.15, 0.2) is 0 Å². The van der Waals surface area contributed by atoms with Crippen molar-refractivity contribution in [1.82, 2.24) is 4.98 Å². The van der Waals surface area contributed by atoms with Crippen molar-refractivity contribution < 1.29 is 23.1 Å². The van der Waals surface area contributed by atoms with Crippen LogP contribution in [0.15, 0.2) is 42.5 Å². The average molecular weight is 337 g/mol. The molecule has 3 aromatic rings. The summed E-state index contributed by atoms with van der Waals surface area (Å²) in [5.74, 6) is -1.03. The van der Waals surface area contributed by atoms with E-state index in [9.17, 15) is 18.0 Å². The predicted molar refractivity (Wildman–Crippen MR) is 80.8 cm³/mol. The van der Waals surface area contributed by atoms with E-state index in [1.165, 1.54) is 29.5 Å². The first kappa shape index (κ1) is 15.5. The molecular formula is C16H10F3NO2S. The van der Waals surface area contributed by atoms with Crippen molar-refractivity contribution in [1.29, 1.82) is 0 Å². The molecule has 0 amide bonds. The molecule has 0 saturated heterocycles. The maximum atomic E-state index is 12.7. The maximum absolute atomic E-state index is 12.7. The monoisotopic (exact) mass is 337 g/mol. The number of fused-ring (bicyclic) bond motifs is 1. The Kier molecular flexibility index (Phi) is 3.81. The molecule has 1 N–H and O–H groups in total. The Morgan fingerprint density at radius 2 is 1.96 bits per heavy atom. The maximum Gasteiger partial charge on any atom is 0.416 e. The zero-order valence-corrected chi connectivity index (χ0v) is 12.4. The van der Waals surface area contributed by atoms with Crippen molar-refractivity contribution in [2.24, 2.45) is 0 Å². The van der Waals surface area contributed by atoms with E-state index in [1.54, 1.807) is 12.1 Å². The third-order valence-corrected chi connectivity index (χ3v) is 4.31. The first-order chi connectivity index (χ1) is 10.8. The number of hydrogen-bond acceptors (Lipinski definition) is 3. The Bertz CT molecular complexity index is 886. The number of benzene rings is 2. The number of thiazole rings is 1. The quantitative estimate of drug-likeness (QED) is 0.760. The van der Waals surface area contributed by atoms with E-state index in [0.29, 0.717) is 20.8 Å². The zero-order chi connectivity index (χ0) is 16.6. The van der Waals surface area contributed by atoms with E-state index < -0.39 is 17.7 Å². The van der Waals surface area contributed by atoms with Crippen molar-refractivity contribution >= 4 is 27.5 Å².